The second-order valence-electron chi connectivity index (χ2n) is 2.88. The monoisotopic (exact) mass is 243 g/mol. The van der Waals surface area contributed by atoms with E-state index >= 15 is 0 Å². The van der Waals surface area contributed by atoms with Gasteiger partial charge in [0.1, 0.15) is 5.01 Å². The van der Waals surface area contributed by atoms with Crippen molar-refractivity contribution in [3.05, 3.63) is 39.3 Å². The number of thiazole rings is 1. The fourth-order valence-electron chi connectivity index (χ4n) is 1.15. The van der Waals surface area contributed by atoms with Gasteiger partial charge in [0.25, 0.3) is 0 Å². The van der Waals surface area contributed by atoms with Gasteiger partial charge in [-0.2, -0.15) is 0 Å². The summed E-state index contributed by atoms with van der Waals surface area (Å²) in [5.41, 5.74) is 0.900. The average Bonchev–Trinajstić information content (AvgIpc) is 2.57. The standard InChI is InChI=1S/C10H7Cl2NS/c1-6-5-13-10(14-6)7-3-2-4-8(11)9(7)12/h2-5H,1H3. The third kappa shape index (κ3) is 1.78. The number of nitrogens with zero attached hydrogens (tertiary/aromatic N) is 1. The maximum Gasteiger partial charge on any atom is 0.125 e. The van der Waals surface area contributed by atoms with Gasteiger partial charge in [-0.05, 0) is 13.0 Å². The molecule has 0 aliphatic carbocycles. The van der Waals surface area contributed by atoms with Crippen LogP contribution >= 0.6 is 34.5 Å². The van der Waals surface area contributed by atoms with Crippen molar-refractivity contribution in [2.45, 2.75) is 6.92 Å². The van der Waals surface area contributed by atoms with E-state index < -0.39 is 0 Å². The van der Waals surface area contributed by atoms with Crippen LogP contribution in [-0.2, 0) is 0 Å². The van der Waals surface area contributed by atoms with Crippen molar-refractivity contribution in [2.24, 2.45) is 0 Å². The summed E-state index contributed by atoms with van der Waals surface area (Å²) in [6.07, 6.45) is 1.83. The average molecular weight is 244 g/mol. The third-order valence-corrected chi connectivity index (χ3v) is 3.57. The molecular weight excluding hydrogens is 237 g/mol. The minimum absolute atomic E-state index is 0.567. The quantitative estimate of drug-likeness (QED) is 0.723. The van der Waals surface area contributed by atoms with Gasteiger partial charge in [-0.25, -0.2) is 4.98 Å². The van der Waals surface area contributed by atoms with E-state index in [1.165, 1.54) is 0 Å². The number of rotatable bonds is 1. The van der Waals surface area contributed by atoms with Gasteiger partial charge in [-0.1, -0.05) is 35.3 Å². The summed E-state index contributed by atoms with van der Waals surface area (Å²) in [7, 11) is 0. The molecule has 2 rings (SSSR count). The van der Waals surface area contributed by atoms with Crippen LogP contribution in [0.15, 0.2) is 24.4 Å². The molecule has 1 aromatic carbocycles. The zero-order chi connectivity index (χ0) is 10.1. The van der Waals surface area contributed by atoms with E-state index in [0.717, 1.165) is 15.4 Å². The molecule has 0 N–H and O–H groups in total. The number of aromatic nitrogens is 1. The fourth-order valence-corrected chi connectivity index (χ4v) is 2.39. The Morgan fingerprint density at radius 2 is 2.07 bits per heavy atom. The summed E-state index contributed by atoms with van der Waals surface area (Å²) in [4.78, 5) is 5.43. The molecule has 0 unspecified atom stereocenters. The number of benzene rings is 1. The smallest absolute Gasteiger partial charge is 0.125 e. The number of hydrogen-bond acceptors (Lipinski definition) is 2. The van der Waals surface area contributed by atoms with E-state index in [1.54, 1.807) is 17.4 Å². The first-order valence-electron chi connectivity index (χ1n) is 4.05. The van der Waals surface area contributed by atoms with Crippen molar-refractivity contribution < 1.29 is 0 Å². The minimum Gasteiger partial charge on any atom is -0.244 e. The third-order valence-electron chi connectivity index (χ3n) is 1.80. The summed E-state index contributed by atoms with van der Waals surface area (Å²) >= 11 is 13.6. The first-order chi connectivity index (χ1) is 6.68. The van der Waals surface area contributed by atoms with Crippen molar-refractivity contribution in [1.82, 2.24) is 4.98 Å². The van der Waals surface area contributed by atoms with Crippen LogP contribution < -0.4 is 0 Å². The summed E-state index contributed by atoms with van der Waals surface area (Å²) < 4.78 is 0. The molecule has 72 valence electrons. The molecule has 0 aliphatic rings. The van der Waals surface area contributed by atoms with Gasteiger partial charge in [0, 0.05) is 16.6 Å². The number of hydrogen-bond donors (Lipinski definition) is 0. The Labute approximate surface area is 96.3 Å². The predicted octanol–water partition coefficient (Wildman–Crippen LogP) is 4.43. The molecular formula is C10H7Cl2NS. The minimum atomic E-state index is 0.567. The van der Waals surface area contributed by atoms with Gasteiger partial charge in [-0.3, -0.25) is 0 Å². The second kappa shape index (κ2) is 3.89. The molecule has 0 radical (unpaired) electrons. The first kappa shape index (κ1) is 9.97. The van der Waals surface area contributed by atoms with Crippen LogP contribution in [0.1, 0.15) is 4.88 Å². The summed E-state index contributed by atoms with van der Waals surface area (Å²) in [6, 6.07) is 5.57. The summed E-state index contributed by atoms with van der Waals surface area (Å²) in [5.74, 6) is 0. The van der Waals surface area contributed by atoms with E-state index in [2.05, 4.69) is 4.98 Å². The van der Waals surface area contributed by atoms with Gasteiger partial charge >= 0.3 is 0 Å². The lowest BCUT2D eigenvalue weighted by Gasteiger charge is -2.01. The molecule has 0 spiro atoms. The van der Waals surface area contributed by atoms with Crippen molar-refractivity contribution in [2.75, 3.05) is 0 Å². The highest BCUT2D eigenvalue weighted by Crippen LogP contribution is 2.35. The molecule has 4 heteroatoms. The molecule has 0 bridgehead atoms. The van der Waals surface area contributed by atoms with Crippen LogP contribution in [0.5, 0.6) is 0 Å². The van der Waals surface area contributed by atoms with Gasteiger partial charge in [0.05, 0.1) is 10.0 Å². The van der Waals surface area contributed by atoms with Crippen LogP contribution in [-0.4, -0.2) is 4.98 Å². The van der Waals surface area contributed by atoms with Crippen LogP contribution in [0.3, 0.4) is 0 Å². The van der Waals surface area contributed by atoms with Crippen molar-refractivity contribution in [3.8, 4) is 10.6 Å². The molecule has 1 heterocycles. The maximum absolute atomic E-state index is 6.07. The largest absolute Gasteiger partial charge is 0.244 e. The van der Waals surface area contributed by atoms with E-state index in [9.17, 15) is 0 Å². The SMILES string of the molecule is Cc1cnc(-c2cccc(Cl)c2Cl)s1. The lowest BCUT2D eigenvalue weighted by Crippen LogP contribution is -1.77. The van der Waals surface area contributed by atoms with Crippen molar-refractivity contribution >= 4 is 34.5 Å². The van der Waals surface area contributed by atoms with E-state index in [-0.39, 0.29) is 0 Å². The molecule has 0 atom stereocenters. The number of aryl methyl sites for hydroxylation is 1. The molecule has 0 saturated carbocycles. The van der Waals surface area contributed by atoms with Gasteiger partial charge in [-0.15, -0.1) is 11.3 Å². The molecule has 0 amide bonds. The Hall–Kier alpha value is -0.570. The molecule has 14 heavy (non-hydrogen) atoms. The van der Waals surface area contributed by atoms with Gasteiger partial charge in [0.15, 0.2) is 0 Å². The van der Waals surface area contributed by atoms with Crippen LogP contribution in [0.25, 0.3) is 10.6 Å². The Morgan fingerprint density at radius 1 is 1.29 bits per heavy atom. The van der Waals surface area contributed by atoms with E-state index in [1.807, 2.05) is 25.3 Å². The van der Waals surface area contributed by atoms with Crippen LogP contribution in [0.2, 0.25) is 10.0 Å². The van der Waals surface area contributed by atoms with Crippen LogP contribution in [0.4, 0.5) is 0 Å². The van der Waals surface area contributed by atoms with E-state index in [4.69, 9.17) is 23.2 Å². The Kier molecular flexibility index (Phi) is 2.77. The Morgan fingerprint density at radius 3 is 2.71 bits per heavy atom. The highest BCUT2D eigenvalue weighted by atomic mass is 35.5. The molecule has 0 fully saturated rings. The normalized spacial score (nSPS) is 10.5. The Bertz CT molecular complexity index is 465. The lowest BCUT2D eigenvalue weighted by atomic mass is 10.2. The molecule has 0 aliphatic heterocycles. The number of halogens is 2. The summed E-state index contributed by atoms with van der Waals surface area (Å²) in [6.45, 7) is 2.01. The van der Waals surface area contributed by atoms with Crippen molar-refractivity contribution in [1.29, 1.82) is 0 Å². The molecule has 1 nitrogen and oxygen atoms in total. The maximum atomic E-state index is 6.07. The molecule has 2 aromatic rings. The molecule has 1 aromatic heterocycles. The molecule has 0 saturated heterocycles. The highest BCUT2D eigenvalue weighted by Gasteiger charge is 2.09. The summed E-state index contributed by atoms with van der Waals surface area (Å²) in [5, 5.41) is 2.05. The topological polar surface area (TPSA) is 12.9 Å². The lowest BCUT2D eigenvalue weighted by molar-refractivity contribution is 1.38. The second-order valence-corrected chi connectivity index (χ2v) is 4.90. The van der Waals surface area contributed by atoms with Gasteiger partial charge in [0.2, 0.25) is 0 Å². The van der Waals surface area contributed by atoms with Gasteiger partial charge < -0.3 is 0 Å². The van der Waals surface area contributed by atoms with Crippen molar-refractivity contribution in [3.63, 3.8) is 0 Å². The predicted molar refractivity (Wildman–Crippen MR) is 62.3 cm³/mol. The van der Waals surface area contributed by atoms with Crippen LogP contribution in [0, 0.1) is 6.92 Å². The zero-order valence-corrected chi connectivity index (χ0v) is 9.75. The fraction of sp³-hybridized carbons (Fsp3) is 0.100. The Balaban J connectivity index is 2.57. The zero-order valence-electron chi connectivity index (χ0n) is 7.42. The van der Waals surface area contributed by atoms with E-state index in [0.29, 0.717) is 10.0 Å². The first-order valence-corrected chi connectivity index (χ1v) is 5.62. The highest BCUT2D eigenvalue weighted by molar-refractivity contribution is 7.15.